The van der Waals surface area contributed by atoms with Crippen molar-refractivity contribution in [2.75, 3.05) is 16.8 Å². The summed E-state index contributed by atoms with van der Waals surface area (Å²) in [6.45, 7) is 0.496. The van der Waals surface area contributed by atoms with E-state index in [4.69, 9.17) is 11.6 Å². The number of nitro groups is 1. The van der Waals surface area contributed by atoms with Gasteiger partial charge in [0.1, 0.15) is 0 Å². The summed E-state index contributed by atoms with van der Waals surface area (Å²) < 4.78 is 0. The zero-order valence-electron chi connectivity index (χ0n) is 11.5. The summed E-state index contributed by atoms with van der Waals surface area (Å²) in [4.78, 5) is 24.3. The van der Waals surface area contributed by atoms with Gasteiger partial charge in [0.15, 0.2) is 0 Å². The molecule has 1 aliphatic rings. The third kappa shape index (κ3) is 2.73. The van der Waals surface area contributed by atoms with Gasteiger partial charge >= 0.3 is 6.03 Å². The van der Waals surface area contributed by atoms with Crippen molar-refractivity contribution in [3.63, 3.8) is 0 Å². The van der Waals surface area contributed by atoms with E-state index in [1.165, 1.54) is 17.0 Å². The minimum Gasteiger partial charge on any atom is -0.308 e. The van der Waals surface area contributed by atoms with E-state index < -0.39 is 4.92 Å². The summed E-state index contributed by atoms with van der Waals surface area (Å²) >= 11 is 5.80. The Morgan fingerprint density at radius 3 is 2.64 bits per heavy atom. The summed E-state index contributed by atoms with van der Waals surface area (Å²) in [6, 6.07) is 11.0. The van der Waals surface area contributed by atoms with Gasteiger partial charge in [0, 0.05) is 29.4 Å². The van der Waals surface area contributed by atoms with E-state index in [9.17, 15) is 14.9 Å². The number of benzene rings is 2. The number of nitrogens with zero attached hydrogens (tertiary/aromatic N) is 2. The number of carbonyl (C=O) groups is 1. The smallest absolute Gasteiger partial charge is 0.308 e. The summed E-state index contributed by atoms with van der Waals surface area (Å²) in [6.07, 6.45) is 0.682. The van der Waals surface area contributed by atoms with Gasteiger partial charge in [-0.15, -0.1) is 0 Å². The second-order valence-electron chi connectivity index (χ2n) is 4.91. The van der Waals surface area contributed by atoms with Crippen LogP contribution in [0.15, 0.2) is 42.5 Å². The summed E-state index contributed by atoms with van der Waals surface area (Å²) in [5.41, 5.74) is 2.11. The van der Waals surface area contributed by atoms with Gasteiger partial charge < -0.3 is 5.32 Å². The molecule has 0 bridgehead atoms. The zero-order valence-corrected chi connectivity index (χ0v) is 12.2. The van der Waals surface area contributed by atoms with Crippen molar-refractivity contribution in [3.8, 4) is 0 Å². The van der Waals surface area contributed by atoms with Crippen molar-refractivity contribution in [2.24, 2.45) is 0 Å². The maximum Gasteiger partial charge on any atom is 0.326 e. The molecule has 0 fully saturated rings. The molecular formula is C15H12ClN3O3. The molecule has 0 saturated carbocycles. The van der Waals surface area contributed by atoms with Crippen LogP contribution in [0.4, 0.5) is 21.9 Å². The Kier molecular flexibility index (Phi) is 3.68. The molecule has 0 radical (unpaired) electrons. The first-order valence-electron chi connectivity index (χ1n) is 6.66. The van der Waals surface area contributed by atoms with Crippen LogP contribution in [-0.4, -0.2) is 17.5 Å². The molecule has 0 unspecified atom stereocenters. The van der Waals surface area contributed by atoms with E-state index in [2.05, 4.69) is 5.32 Å². The molecular weight excluding hydrogens is 306 g/mol. The Labute approximate surface area is 131 Å². The highest BCUT2D eigenvalue weighted by atomic mass is 35.5. The van der Waals surface area contributed by atoms with Crippen molar-refractivity contribution in [3.05, 3.63) is 63.2 Å². The number of non-ortho nitro benzene ring substituents is 1. The average molecular weight is 318 g/mol. The highest BCUT2D eigenvalue weighted by Gasteiger charge is 2.26. The molecule has 0 spiro atoms. The Morgan fingerprint density at radius 1 is 1.23 bits per heavy atom. The Morgan fingerprint density at radius 2 is 1.95 bits per heavy atom. The first-order valence-corrected chi connectivity index (χ1v) is 7.04. The van der Waals surface area contributed by atoms with Crippen LogP contribution in [0.2, 0.25) is 5.02 Å². The fourth-order valence-corrected chi connectivity index (χ4v) is 2.54. The summed E-state index contributed by atoms with van der Waals surface area (Å²) in [5.74, 6) is 0. The minimum absolute atomic E-state index is 0.0232. The standard InChI is InChI=1S/C15H12ClN3O3/c16-11-2-4-12(5-3-11)17-15(20)18-8-7-10-1-6-13(19(21)22)9-14(10)18/h1-6,9H,7-8H2,(H,17,20). The van der Waals surface area contributed by atoms with Crippen molar-refractivity contribution < 1.29 is 9.72 Å². The molecule has 1 aliphatic heterocycles. The number of carbonyl (C=O) groups excluding carboxylic acids is 1. The number of hydrogen-bond donors (Lipinski definition) is 1. The first-order chi connectivity index (χ1) is 10.5. The molecule has 1 N–H and O–H groups in total. The van der Waals surface area contributed by atoms with Gasteiger partial charge in [-0.25, -0.2) is 4.79 Å². The number of anilines is 2. The van der Waals surface area contributed by atoms with E-state index in [-0.39, 0.29) is 11.7 Å². The predicted molar refractivity (Wildman–Crippen MR) is 84.6 cm³/mol. The van der Waals surface area contributed by atoms with E-state index in [0.29, 0.717) is 29.4 Å². The number of amides is 2. The molecule has 3 rings (SSSR count). The van der Waals surface area contributed by atoms with Gasteiger partial charge in [0.25, 0.3) is 5.69 Å². The number of halogens is 1. The molecule has 6 nitrogen and oxygen atoms in total. The molecule has 0 atom stereocenters. The fourth-order valence-electron chi connectivity index (χ4n) is 2.42. The van der Waals surface area contributed by atoms with Gasteiger partial charge in [-0.05, 0) is 36.2 Å². The lowest BCUT2D eigenvalue weighted by atomic mass is 10.1. The minimum atomic E-state index is -0.464. The Hall–Kier alpha value is -2.60. The lowest BCUT2D eigenvalue weighted by Crippen LogP contribution is -2.33. The number of urea groups is 1. The summed E-state index contributed by atoms with van der Waals surface area (Å²) in [7, 11) is 0. The maximum atomic E-state index is 12.4. The van der Waals surface area contributed by atoms with Gasteiger partial charge in [-0.1, -0.05) is 17.7 Å². The normalized spacial score (nSPS) is 12.9. The quantitative estimate of drug-likeness (QED) is 0.675. The first kappa shape index (κ1) is 14.3. The van der Waals surface area contributed by atoms with Crippen LogP contribution >= 0.6 is 11.6 Å². The zero-order chi connectivity index (χ0) is 15.7. The second kappa shape index (κ2) is 5.65. The van der Waals surface area contributed by atoms with Crippen molar-refractivity contribution >= 4 is 34.7 Å². The van der Waals surface area contributed by atoms with Crippen molar-refractivity contribution in [2.45, 2.75) is 6.42 Å². The highest BCUT2D eigenvalue weighted by molar-refractivity contribution is 6.30. The van der Waals surface area contributed by atoms with E-state index in [1.807, 2.05) is 0 Å². The molecule has 2 amide bonds. The Bertz CT molecular complexity index is 746. The van der Waals surface area contributed by atoms with Crippen molar-refractivity contribution in [1.82, 2.24) is 0 Å². The monoisotopic (exact) mass is 317 g/mol. The molecule has 0 aliphatic carbocycles. The SMILES string of the molecule is O=C(Nc1ccc(Cl)cc1)N1CCc2ccc([N+](=O)[O-])cc21. The van der Waals surface area contributed by atoms with Crippen LogP contribution in [0.3, 0.4) is 0 Å². The van der Waals surface area contributed by atoms with Crippen LogP contribution in [0.25, 0.3) is 0 Å². The summed E-state index contributed by atoms with van der Waals surface area (Å²) in [5, 5.41) is 14.2. The molecule has 0 aromatic heterocycles. The van der Waals surface area contributed by atoms with Gasteiger partial charge in [0.05, 0.1) is 10.6 Å². The van der Waals surface area contributed by atoms with Crippen LogP contribution in [0.1, 0.15) is 5.56 Å². The predicted octanol–water partition coefficient (Wildman–Crippen LogP) is 3.84. The van der Waals surface area contributed by atoms with E-state index in [1.54, 1.807) is 30.3 Å². The molecule has 1 heterocycles. The largest absolute Gasteiger partial charge is 0.326 e. The third-order valence-corrected chi connectivity index (χ3v) is 3.77. The molecule has 2 aromatic rings. The second-order valence-corrected chi connectivity index (χ2v) is 5.35. The van der Waals surface area contributed by atoms with Crippen LogP contribution in [0.5, 0.6) is 0 Å². The molecule has 2 aromatic carbocycles. The average Bonchev–Trinajstić information content (AvgIpc) is 2.92. The number of hydrogen-bond acceptors (Lipinski definition) is 3. The lowest BCUT2D eigenvalue weighted by Gasteiger charge is -2.18. The van der Waals surface area contributed by atoms with Crippen LogP contribution < -0.4 is 10.2 Å². The van der Waals surface area contributed by atoms with Crippen LogP contribution in [0, 0.1) is 10.1 Å². The topological polar surface area (TPSA) is 75.5 Å². The molecule has 7 heteroatoms. The van der Waals surface area contributed by atoms with E-state index >= 15 is 0 Å². The number of nitro benzene ring substituents is 1. The number of fused-ring (bicyclic) bond motifs is 1. The Balaban J connectivity index is 1.82. The van der Waals surface area contributed by atoms with Crippen LogP contribution in [-0.2, 0) is 6.42 Å². The lowest BCUT2D eigenvalue weighted by molar-refractivity contribution is -0.384. The molecule has 22 heavy (non-hydrogen) atoms. The maximum absolute atomic E-state index is 12.4. The van der Waals surface area contributed by atoms with Gasteiger partial charge in [-0.2, -0.15) is 0 Å². The highest BCUT2D eigenvalue weighted by Crippen LogP contribution is 2.32. The van der Waals surface area contributed by atoms with Crippen molar-refractivity contribution in [1.29, 1.82) is 0 Å². The molecule has 112 valence electrons. The number of nitrogens with one attached hydrogen (secondary N) is 1. The fraction of sp³-hybridized carbons (Fsp3) is 0.133. The molecule has 0 saturated heterocycles. The van der Waals surface area contributed by atoms with Gasteiger partial charge in [-0.3, -0.25) is 15.0 Å². The van der Waals surface area contributed by atoms with Gasteiger partial charge in [0.2, 0.25) is 0 Å². The third-order valence-electron chi connectivity index (χ3n) is 3.52. The number of rotatable bonds is 2. The van der Waals surface area contributed by atoms with E-state index in [0.717, 1.165) is 5.56 Å².